The Morgan fingerprint density at radius 1 is 1.60 bits per heavy atom. The first kappa shape index (κ1) is 11.7. The van der Waals surface area contributed by atoms with Gasteiger partial charge in [0.25, 0.3) is 0 Å². The number of hydrogen-bond donors (Lipinski definition) is 2. The van der Waals surface area contributed by atoms with E-state index in [1.54, 1.807) is 12.3 Å². The van der Waals surface area contributed by atoms with E-state index in [1.807, 2.05) is 19.9 Å². The molecule has 15 heavy (non-hydrogen) atoms. The number of pyridine rings is 1. The van der Waals surface area contributed by atoms with Gasteiger partial charge in [-0.3, -0.25) is 4.79 Å². The van der Waals surface area contributed by atoms with Crippen molar-refractivity contribution in [1.29, 1.82) is 0 Å². The van der Waals surface area contributed by atoms with Crippen molar-refractivity contribution < 1.29 is 4.79 Å². The van der Waals surface area contributed by atoms with Crippen LogP contribution in [0.1, 0.15) is 18.9 Å². The lowest BCUT2D eigenvalue weighted by molar-refractivity contribution is -0.119. The molecule has 0 spiro atoms. The Bertz CT molecular complexity index is 321. The molecule has 0 aliphatic heterocycles. The number of nitrogens with zero attached hydrogens (tertiary/aromatic N) is 1. The van der Waals surface area contributed by atoms with Crippen LogP contribution < -0.4 is 11.1 Å². The van der Waals surface area contributed by atoms with Gasteiger partial charge in [-0.05, 0) is 31.5 Å². The number of amides is 1. The third kappa shape index (κ3) is 3.67. The maximum atomic E-state index is 11.6. The highest BCUT2D eigenvalue weighted by atomic mass is 16.1. The summed E-state index contributed by atoms with van der Waals surface area (Å²) < 4.78 is 0. The van der Waals surface area contributed by atoms with Gasteiger partial charge >= 0.3 is 0 Å². The second kappa shape index (κ2) is 5.46. The van der Waals surface area contributed by atoms with Crippen molar-refractivity contribution in [2.24, 2.45) is 11.7 Å². The van der Waals surface area contributed by atoms with Crippen LogP contribution in [0.2, 0.25) is 0 Å². The smallest absolute Gasteiger partial charge is 0.228 e. The van der Waals surface area contributed by atoms with E-state index in [0.717, 1.165) is 5.56 Å². The van der Waals surface area contributed by atoms with Gasteiger partial charge in [0.05, 0.1) is 0 Å². The minimum Gasteiger partial charge on any atom is -0.330 e. The molecule has 4 heteroatoms. The summed E-state index contributed by atoms with van der Waals surface area (Å²) in [5.41, 5.74) is 6.46. The first-order valence-corrected chi connectivity index (χ1v) is 5.07. The van der Waals surface area contributed by atoms with E-state index >= 15 is 0 Å². The van der Waals surface area contributed by atoms with Gasteiger partial charge in [0, 0.05) is 12.1 Å². The molecule has 1 aromatic rings. The molecule has 1 aromatic heterocycles. The molecule has 0 saturated heterocycles. The molecule has 82 valence electrons. The van der Waals surface area contributed by atoms with Crippen LogP contribution in [0.5, 0.6) is 0 Å². The van der Waals surface area contributed by atoms with E-state index in [2.05, 4.69) is 10.3 Å². The number of hydrogen-bond acceptors (Lipinski definition) is 3. The van der Waals surface area contributed by atoms with Crippen molar-refractivity contribution in [1.82, 2.24) is 4.98 Å². The fraction of sp³-hybridized carbons (Fsp3) is 0.455. The van der Waals surface area contributed by atoms with Gasteiger partial charge in [-0.25, -0.2) is 4.98 Å². The summed E-state index contributed by atoms with van der Waals surface area (Å²) in [4.78, 5) is 15.7. The third-order valence-electron chi connectivity index (χ3n) is 2.21. The predicted octanol–water partition coefficient (Wildman–Crippen LogP) is 1.31. The Morgan fingerprint density at radius 2 is 2.33 bits per heavy atom. The molecule has 0 saturated carbocycles. The van der Waals surface area contributed by atoms with E-state index in [9.17, 15) is 4.79 Å². The Balaban J connectivity index is 2.54. The summed E-state index contributed by atoms with van der Waals surface area (Å²) in [6.45, 7) is 4.34. The highest BCUT2D eigenvalue weighted by Crippen LogP contribution is 2.07. The van der Waals surface area contributed by atoms with E-state index in [4.69, 9.17) is 5.73 Å². The monoisotopic (exact) mass is 207 g/mol. The summed E-state index contributed by atoms with van der Waals surface area (Å²) in [6, 6.07) is 3.71. The van der Waals surface area contributed by atoms with Crippen LogP contribution in [0.15, 0.2) is 18.3 Å². The summed E-state index contributed by atoms with van der Waals surface area (Å²) in [6.07, 6.45) is 2.42. The van der Waals surface area contributed by atoms with Crippen LogP contribution in [0.3, 0.4) is 0 Å². The van der Waals surface area contributed by atoms with E-state index in [1.165, 1.54) is 0 Å². The first-order chi connectivity index (χ1) is 7.13. The molecular weight excluding hydrogens is 190 g/mol. The van der Waals surface area contributed by atoms with Gasteiger partial charge in [0.15, 0.2) is 0 Å². The topological polar surface area (TPSA) is 68.0 Å². The quantitative estimate of drug-likeness (QED) is 0.782. The number of nitrogens with two attached hydrogens (primary N) is 1. The number of carbonyl (C=O) groups is 1. The maximum absolute atomic E-state index is 11.6. The largest absolute Gasteiger partial charge is 0.330 e. The Labute approximate surface area is 89.9 Å². The molecule has 0 radical (unpaired) electrons. The molecule has 0 bridgehead atoms. The van der Waals surface area contributed by atoms with Gasteiger partial charge in [-0.1, -0.05) is 13.0 Å². The van der Waals surface area contributed by atoms with Gasteiger partial charge in [0.1, 0.15) is 5.82 Å². The van der Waals surface area contributed by atoms with Crippen molar-refractivity contribution >= 4 is 11.7 Å². The minimum atomic E-state index is -0.0712. The second-order valence-electron chi connectivity index (χ2n) is 3.69. The molecule has 0 aromatic carbocycles. The van der Waals surface area contributed by atoms with Gasteiger partial charge in [-0.15, -0.1) is 0 Å². The maximum Gasteiger partial charge on any atom is 0.228 e. The molecule has 1 atom stereocenters. The lowest BCUT2D eigenvalue weighted by Gasteiger charge is -2.10. The molecular formula is C11H17N3O. The van der Waals surface area contributed by atoms with Crippen molar-refractivity contribution in [3.8, 4) is 0 Å². The minimum absolute atomic E-state index is 0.0307. The van der Waals surface area contributed by atoms with Crippen molar-refractivity contribution in [3.63, 3.8) is 0 Å². The average Bonchev–Trinajstić information content (AvgIpc) is 2.22. The Hall–Kier alpha value is -1.42. The number of aromatic nitrogens is 1. The van der Waals surface area contributed by atoms with Crippen LogP contribution in [-0.2, 0) is 4.79 Å². The highest BCUT2D eigenvalue weighted by molar-refractivity contribution is 5.91. The molecule has 0 fully saturated rings. The molecule has 0 aliphatic carbocycles. The summed E-state index contributed by atoms with van der Waals surface area (Å²) in [5, 5.41) is 2.75. The Morgan fingerprint density at radius 3 is 2.87 bits per heavy atom. The normalized spacial score (nSPS) is 12.2. The highest BCUT2D eigenvalue weighted by Gasteiger charge is 2.11. The molecule has 3 N–H and O–H groups in total. The third-order valence-corrected chi connectivity index (χ3v) is 2.21. The molecule has 1 amide bonds. The van der Waals surface area contributed by atoms with Crippen molar-refractivity contribution in [2.75, 3.05) is 11.9 Å². The second-order valence-corrected chi connectivity index (χ2v) is 3.69. The lowest BCUT2D eigenvalue weighted by Crippen LogP contribution is -2.23. The lowest BCUT2D eigenvalue weighted by atomic mass is 10.1. The zero-order valence-corrected chi connectivity index (χ0v) is 9.16. The van der Waals surface area contributed by atoms with Crippen LogP contribution >= 0.6 is 0 Å². The molecule has 1 rings (SSSR count). The molecule has 4 nitrogen and oxygen atoms in total. The van der Waals surface area contributed by atoms with Crippen molar-refractivity contribution in [2.45, 2.75) is 20.3 Å². The molecule has 0 aliphatic rings. The SMILES string of the molecule is Cc1ccc(NC(=O)C(C)CCN)nc1. The molecule has 1 unspecified atom stereocenters. The zero-order valence-electron chi connectivity index (χ0n) is 9.16. The first-order valence-electron chi connectivity index (χ1n) is 5.07. The summed E-state index contributed by atoms with van der Waals surface area (Å²) in [5.74, 6) is 0.490. The van der Waals surface area contributed by atoms with E-state index in [-0.39, 0.29) is 11.8 Å². The number of anilines is 1. The van der Waals surface area contributed by atoms with E-state index < -0.39 is 0 Å². The van der Waals surface area contributed by atoms with Crippen LogP contribution in [0.25, 0.3) is 0 Å². The van der Waals surface area contributed by atoms with Crippen molar-refractivity contribution in [3.05, 3.63) is 23.9 Å². The average molecular weight is 207 g/mol. The fourth-order valence-electron chi connectivity index (χ4n) is 1.17. The Kier molecular flexibility index (Phi) is 4.24. The summed E-state index contributed by atoms with van der Waals surface area (Å²) >= 11 is 0. The van der Waals surface area contributed by atoms with Crippen LogP contribution in [0, 0.1) is 12.8 Å². The number of nitrogens with one attached hydrogen (secondary N) is 1. The van der Waals surface area contributed by atoms with Gasteiger partial charge < -0.3 is 11.1 Å². The predicted molar refractivity (Wildman–Crippen MR) is 60.4 cm³/mol. The fourth-order valence-corrected chi connectivity index (χ4v) is 1.17. The van der Waals surface area contributed by atoms with Crippen LogP contribution in [-0.4, -0.2) is 17.4 Å². The van der Waals surface area contributed by atoms with Gasteiger partial charge in [-0.2, -0.15) is 0 Å². The number of carbonyl (C=O) groups excluding carboxylic acids is 1. The number of aryl methyl sites for hydroxylation is 1. The van der Waals surface area contributed by atoms with E-state index in [0.29, 0.717) is 18.8 Å². The molecule has 1 heterocycles. The zero-order chi connectivity index (χ0) is 11.3. The standard InChI is InChI=1S/C11H17N3O/c1-8-3-4-10(13-7-8)14-11(15)9(2)5-6-12/h3-4,7,9H,5-6,12H2,1-2H3,(H,13,14,15). The summed E-state index contributed by atoms with van der Waals surface area (Å²) in [7, 11) is 0. The number of rotatable bonds is 4. The van der Waals surface area contributed by atoms with Gasteiger partial charge in [0.2, 0.25) is 5.91 Å². The van der Waals surface area contributed by atoms with Crippen LogP contribution in [0.4, 0.5) is 5.82 Å².